The first-order chi connectivity index (χ1) is 10.1. The van der Waals surface area contributed by atoms with E-state index < -0.39 is 0 Å². The number of fused-ring (bicyclic) bond motifs is 1. The highest BCUT2D eigenvalue weighted by molar-refractivity contribution is 6.04. The molecule has 1 heterocycles. The van der Waals surface area contributed by atoms with Crippen molar-refractivity contribution in [2.45, 2.75) is 13.3 Å². The van der Waals surface area contributed by atoms with Gasteiger partial charge in [0.25, 0.3) is 0 Å². The van der Waals surface area contributed by atoms with E-state index in [2.05, 4.69) is 17.0 Å². The minimum atomic E-state index is 0.0962. The standard InChI is InChI=1S/C16H20N4O/c1-10-7-12(10)9-20(2)16-13(15(17)19-21)8-11-5-3-4-6-14(11)18-16/h3-6,8,10,12,21H,7,9H2,1-2H3,(H2,17,19). The number of nitrogens with zero attached hydrogens (tertiary/aromatic N) is 3. The average Bonchev–Trinajstić information content (AvgIpc) is 3.20. The number of oxime groups is 1. The summed E-state index contributed by atoms with van der Waals surface area (Å²) >= 11 is 0. The number of benzene rings is 1. The Morgan fingerprint density at radius 2 is 2.19 bits per heavy atom. The molecule has 0 radical (unpaired) electrons. The highest BCUT2D eigenvalue weighted by Gasteiger charge is 2.34. The van der Waals surface area contributed by atoms with Crippen molar-refractivity contribution in [3.8, 4) is 0 Å². The van der Waals surface area contributed by atoms with Crippen molar-refractivity contribution in [3.05, 3.63) is 35.9 Å². The Kier molecular flexibility index (Phi) is 3.41. The number of para-hydroxylation sites is 1. The van der Waals surface area contributed by atoms with Gasteiger partial charge >= 0.3 is 0 Å². The van der Waals surface area contributed by atoms with Crippen molar-refractivity contribution in [2.75, 3.05) is 18.5 Å². The Balaban J connectivity index is 2.05. The van der Waals surface area contributed by atoms with Crippen molar-refractivity contribution in [1.82, 2.24) is 4.98 Å². The van der Waals surface area contributed by atoms with Gasteiger partial charge in [-0.25, -0.2) is 4.98 Å². The van der Waals surface area contributed by atoms with E-state index in [4.69, 9.17) is 15.9 Å². The molecule has 3 N–H and O–H groups in total. The van der Waals surface area contributed by atoms with E-state index in [0.717, 1.165) is 29.2 Å². The zero-order valence-corrected chi connectivity index (χ0v) is 12.3. The lowest BCUT2D eigenvalue weighted by Gasteiger charge is -2.21. The first-order valence-electron chi connectivity index (χ1n) is 7.19. The van der Waals surface area contributed by atoms with Gasteiger partial charge in [-0.2, -0.15) is 0 Å². The molecule has 0 saturated heterocycles. The molecule has 21 heavy (non-hydrogen) atoms. The third-order valence-corrected chi connectivity index (χ3v) is 4.23. The molecule has 2 atom stereocenters. The highest BCUT2D eigenvalue weighted by atomic mass is 16.4. The van der Waals surface area contributed by atoms with E-state index in [0.29, 0.717) is 11.5 Å². The fourth-order valence-electron chi connectivity index (χ4n) is 2.73. The molecule has 1 aromatic heterocycles. The molecule has 0 aliphatic heterocycles. The van der Waals surface area contributed by atoms with Gasteiger partial charge in [0.05, 0.1) is 11.1 Å². The van der Waals surface area contributed by atoms with Gasteiger partial charge in [0.15, 0.2) is 5.84 Å². The van der Waals surface area contributed by atoms with Crippen LogP contribution < -0.4 is 10.6 Å². The molecule has 2 aromatic rings. The van der Waals surface area contributed by atoms with E-state index in [1.165, 1.54) is 6.42 Å². The maximum Gasteiger partial charge on any atom is 0.173 e. The molecule has 1 aliphatic rings. The minimum Gasteiger partial charge on any atom is -0.409 e. The van der Waals surface area contributed by atoms with Crippen LogP contribution in [0.2, 0.25) is 0 Å². The maximum absolute atomic E-state index is 9.02. The Hall–Kier alpha value is -2.30. The molecule has 0 amide bonds. The van der Waals surface area contributed by atoms with Crippen molar-refractivity contribution in [2.24, 2.45) is 22.7 Å². The van der Waals surface area contributed by atoms with Crippen molar-refractivity contribution in [3.63, 3.8) is 0 Å². The minimum absolute atomic E-state index is 0.0962. The van der Waals surface area contributed by atoms with Crippen molar-refractivity contribution in [1.29, 1.82) is 0 Å². The van der Waals surface area contributed by atoms with Crippen LogP contribution in [0.15, 0.2) is 35.5 Å². The van der Waals surface area contributed by atoms with Gasteiger partial charge in [0.2, 0.25) is 0 Å². The van der Waals surface area contributed by atoms with E-state index in [-0.39, 0.29) is 5.84 Å². The Labute approximate surface area is 124 Å². The van der Waals surface area contributed by atoms with Crippen LogP contribution in [0.3, 0.4) is 0 Å². The molecule has 0 bridgehead atoms. The Bertz CT molecular complexity index is 698. The molecule has 1 aliphatic carbocycles. The van der Waals surface area contributed by atoms with Gasteiger partial charge < -0.3 is 15.8 Å². The molecule has 0 spiro atoms. The van der Waals surface area contributed by atoms with Gasteiger partial charge in [-0.15, -0.1) is 0 Å². The van der Waals surface area contributed by atoms with Gasteiger partial charge in [-0.3, -0.25) is 0 Å². The quantitative estimate of drug-likeness (QED) is 0.391. The lowest BCUT2D eigenvalue weighted by atomic mass is 10.1. The van der Waals surface area contributed by atoms with Gasteiger partial charge in [0.1, 0.15) is 5.82 Å². The third-order valence-electron chi connectivity index (χ3n) is 4.23. The lowest BCUT2D eigenvalue weighted by Crippen LogP contribution is -2.26. The summed E-state index contributed by atoms with van der Waals surface area (Å²) < 4.78 is 0. The van der Waals surface area contributed by atoms with Crippen molar-refractivity contribution >= 4 is 22.6 Å². The first kappa shape index (κ1) is 13.7. The number of hydrogen-bond donors (Lipinski definition) is 2. The normalized spacial score (nSPS) is 21.5. The van der Waals surface area contributed by atoms with E-state index in [9.17, 15) is 0 Å². The predicted molar refractivity (Wildman–Crippen MR) is 84.8 cm³/mol. The van der Waals surface area contributed by atoms with Crippen LogP contribution >= 0.6 is 0 Å². The predicted octanol–water partition coefficient (Wildman–Crippen LogP) is 2.42. The second-order valence-electron chi connectivity index (χ2n) is 5.89. The summed E-state index contributed by atoms with van der Waals surface area (Å²) in [4.78, 5) is 6.81. The molecule has 1 aromatic carbocycles. The van der Waals surface area contributed by atoms with E-state index in [1.807, 2.05) is 37.4 Å². The number of pyridine rings is 1. The molecule has 5 nitrogen and oxygen atoms in total. The smallest absolute Gasteiger partial charge is 0.173 e. The largest absolute Gasteiger partial charge is 0.409 e. The number of hydrogen-bond acceptors (Lipinski definition) is 4. The van der Waals surface area contributed by atoms with Gasteiger partial charge in [-0.05, 0) is 30.4 Å². The summed E-state index contributed by atoms with van der Waals surface area (Å²) in [5.41, 5.74) is 7.42. The second kappa shape index (κ2) is 5.24. The number of nitrogens with two attached hydrogens (primary N) is 1. The summed E-state index contributed by atoms with van der Waals surface area (Å²) in [5.74, 6) is 2.35. The monoisotopic (exact) mass is 284 g/mol. The molecule has 2 unspecified atom stereocenters. The maximum atomic E-state index is 9.02. The van der Waals surface area contributed by atoms with Crippen molar-refractivity contribution < 1.29 is 5.21 Å². The zero-order valence-electron chi connectivity index (χ0n) is 12.3. The molecule has 1 saturated carbocycles. The average molecular weight is 284 g/mol. The molecule has 1 fully saturated rings. The summed E-state index contributed by atoms with van der Waals surface area (Å²) in [6.45, 7) is 3.20. The molecular formula is C16H20N4O. The summed E-state index contributed by atoms with van der Waals surface area (Å²) in [5, 5.41) is 13.1. The van der Waals surface area contributed by atoms with Gasteiger partial charge in [0, 0.05) is 19.0 Å². The second-order valence-corrected chi connectivity index (χ2v) is 5.89. The number of amidine groups is 1. The summed E-state index contributed by atoms with van der Waals surface area (Å²) in [6.07, 6.45) is 1.26. The third kappa shape index (κ3) is 2.63. The molecular weight excluding hydrogens is 264 g/mol. The van der Waals surface area contributed by atoms with Crippen LogP contribution in [-0.4, -0.2) is 29.6 Å². The Morgan fingerprint density at radius 1 is 1.48 bits per heavy atom. The molecule has 110 valence electrons. The van der Waals surface area contributed by atoms with Crippen LogP contribution in [0.5, 0.6) is 0 Å². The fraction of sp³-hybridized carbons (Fsp3) is 0.375. The molecule has 3 rings (SSSR count). The highest BCUT2D eigenvalue weighted by Crippen LogP contribution is 2.39. The summed E-state index contributed by atoms with van der Waals surface area (Å²) in [6, 6.07) is 9.80. The number of aromatic nitrogens is 1. The molecule has 5 heteroatoms. The number of rotatable bonds is 4. The Morgan fingerprint density at radius 3 is 2.86 bits per heavy atom. The van der Waals surface area contributed by atoms with E-state index >= 15 is 0 Å². The van der Waals surface area contributed by atoms with Crippen LogP contribution in [-0.2, 0) is 0 Å². The van der Waals surface area contributed by atoms with E-state index in [1.54, 1.807) is 0 Å². The lowest BCUT2D eigenvalue weighted by molar-refractivity contribution is 0.318. The zero-order chi connectivity index (χ0) is 15.0. The van der Waals surface area contributed by atoms with Gasteiger partial charge in [-0.1, -0.05) is 30.3 Å². The first-order valence-corrected chi connectivity index (χ1v) is 7.19. The van der Waals surface area contributed by atoms with Crippen LogP contribution in [0.4, 0.5) is 5.82 Å². The number of anilines is 1. The SMILES string of the molecule is CC1CC1CN(C)c1nc2ccccc2cc1C(N)=NO. The summed E-state index contributed by atoms with van der Waals surface area (Å²) in [7, 11) is 2.01. The van der Waals surface area contributed by atoms with Crippen LogP contribution in [0.1, 0.15) is 18.9 Å². The fourth-order valence-corrected chi connectivity index (χ4v) is 2.73. The topological polar surface area (TPSA) is 74.7 Å². The van der Waals surface area contributed by atoms with Crippen LogP contribution in [0, 0.1) is 11.8 Å². The van der Waals surface area contributed by atoms with Crippen LogP contribution in [0.25, 0.3) is 10.9 Å².